The van der Waals surface area contributed by atoms with E-state index in [1.54, 1.807) is 0 Å². The van der Waals surface area contributed by atoms with Crippen molar-refractivity contribution in [1.29, 1.82) is 0 Å². The molecule has 0 saturated carbocycles. The van der Waals surface area contributed by atoms with Crippen LogP contribution in [0.5, 0.6) is 0 Å². The third kappa shape index (κ3) is 1.69. The van der Waals surface area contributed by atoms with E-state index < -0.39 is 0 Å². The molecule has 0 aliphatic heterocycles. The number of nitrogens with two attached hydrogens (primary N) is 1. The van der Waals surface area contributed by atoms with Crippen molar-refractivity contribution in [3.63, 3.8) is 0 Å². The van der Waals surface area contributed by atoms with Crippen LogP contribution >= 0.6 is 0 Å². The Balaban J connectivity index is 2.63. The molecule has 0 fully saturated rings. The third-order valence-corrected chi connectivity index (χ3v) is 2.57. The second-order valence-electron chi connectivity index (χ2n) is 4.41. The van der Waals surface area contributed by atoms with Gasteiger partial charge in [-0.15, -0.1) is 0 Å². The molecule has 0 aliphatic rings. The highest BCUT2D eigenvalue weighted by atomic mass is 15.3. The quantitative estimate of drug-likeness (QED) is 0.761. The van der Waals surface area contributed by atoms with Crippen LogP contribution in [0.2, 0.25) is 0 Å². The Morgan fingerprint density at radius 3 is 2.80 bits per heavy atom. The lowest BCUT2D eigenvalue weighted by Crippen LogP contribution is -1.97. The van der Waals surface area contributed by atoms with Crippen molar-refractivity contribution >= 4 is 16.6 Å². The molecule has 0 spiro atoms. The van der Waals surface area contributed by atoms with E-state index in [4.69, 9.17) is 5.73 Å². The minimum absolute atomic E-state index is 0.615. The smallest absolute Gasteiger partial charge is 0.0911 e. The maximum absolute atomic E-state index is 5.94. The fourth-order valence-electron chi connectivity index (χ4n) is 1.98. The summed E-state index contributed by atoms with van der Waals surface area (Å²) in [5, 5.41) is 5.71. The second-order valence-corrected chi connectivity index (χ2v) is 4.41. The highest BCUT2D eigenvalue weighted by molar-refractivity contribution is 5.91. The number of benzene rings is 1. The number of aryl methyl sites for hydroxylation is 1. The minimum atomic E-state index is 0.615. The molecular weight excluding hydrogens is 186 g/mol. The SMILES string of the molecule is CC(C)Cc1nn(C)c2c(N)cccc12. The van der Waals surface area contributed by atoms with Gasteiger partial charge in [-0.25, -0.2) is 0 Å². The van der Waals surface area contributed by atoms with E-state index in [0.717, 1.165) is 23.3 Å². The molecule has 15 heavy (non-hydrogen) atoms. The monoisotopic (exact) mass is 203 g/mol. The molecule has 0 aliphatic carbocycles. The predicted molar refractivity (Wildman–Crippen MR) is 63.7 cm³/mol. The van der Waals surface area contributed by atoms with Crippen molar-refractivity contribution < 1.29 is 0 Å². The summed E-state index contributed by atoms with van der Waals surface area (Å²) in [5.74, 6) is 0.615. The van der Waals surface area contributed by atoms with E-state index in [2.05, 4.69) is 25.0 Å². The van der Waals surface area contributed by atoms with Crippen LogP contribution in [0.4, 0.5) is 5.69 Å². The Morgan fingerprint density at radius 2 is 2.13 bits per heavy atom. The van der Waals surface area contributed by atoms with Crippen LogP contribution in [0.15, 0.2) is 18.2 Å². The standard InChI is InChI=1S/C12H17N3/c1-8(2)7-11-9-5-4-6-10(13)12(9)15(3)14-11/h4-6,8H,7,13H2,1-3H3. The van der Waals surface area contributed by atoms with E-state index in [-0.39, 0.29) is 0 Å². The number of hydrogen-bond acceptors (Lipinski definition) is 2. The van der Waals surface area contributed by atoms with Gasteiger partial charge in [-0.05, 0) is 18.4 Å². The molecule has 0 amide bonds. The number of anilines is 1. The zero-order valence-electron chi connectivity index (χ0n) is 9.49. The molecule has 3 nitrogen and oxygen atoms in total. The van der Waals surface area contributed by atoms with Crippen LogP contribution in [0.3, 0.4) is 0 Å². The number of fused-ring (bicyclic) bond motifs is 1. The maximum atomic E-state index is 5.94. The first-order valence-corrected chi connectivity index (χ1v) is 5.29. The van der Waals surface area contributed by atoms with Crippen molar-refractivity contribution in [1.82, 2.24) is 9.78 Å². The molecule has 0 bridgehead atoms. The van der Waals surface area contributed by atoms with Gasteiger partial charge in [-0.2, -0.15) is 5.10 Å². The van der Waals surface area contributed by atoms with Crippen LogP contribution < -0.4 is 5.73 Å². The average molecular weight is 203 g/mol. The molecule has 1 heterocycles. The largest absolute Gasteiger partial charge is 0.397 e. The minimum Gasteiger partial charge on any atom is -0.397 e. The van der Waals surface area contributed by atoms with Gasteiger partial charge < -0.3 is 5.73 Å². The van der Waals surface area contributed by atoms with Crippen molar-refractivity contribution in [2.24, 2.45) is 13.0 Å². The van der Waals surface area contributed by atoms with Crippen LogP contribution in [0.1, 0.15) is 19.5 Å². The fraction of sp³-hybridized carbons (Fsp3) is 0.417. The molecule has 2 N–H and O–H groups in total. The average Bonchev–Trinajstić information content (AvgIpc) is 2.44. The number of aromatic nitrogens is 2. The summed E-state index contributed by atoms with van der Waals surface area (Å²) in [6, 6.07) is 6.00. The summed E-state index contributed by atoms with van der Waals surface area (Å²) in [4.78, 5) is 0. The van der Waals surface area contributed by atoms with Crippen molar-refractivity contribution in [2.45, 2.75) is 20.3 Å². The van der Waals surface area contributed by atoms with E-state index in [9.17, 15) is 0 Å². The van der Waals surface area contributed by atoms with Crippen LogP contribution in [0.25, 0.3) is 10.9 Å². The molecule has 80 valence electrons. The van der Waals surface area contributed by atoms with Gasteiger partial charge in [-0.3, -0.25) is 4.68 Å². The molecule has 0 radical (unpaired) electrons. The lowest BCUT2D eigenvalue weighted by atomic mass is 10.0. The lowest BCUT2D eigenvalue weighted by molar-refractivity contribution is 0.624. The normalized spacial score (nSPS) is 11.5. The van der Waals surface area contributed by atoms with E-state index in [0.29, 0.717) is 5.92 Å². The number of para-hydroxylation sites is 1. The Morgan fingerprint density at radius 1 is 1.40 bits per heavy atom. The molecule has 1 aromatic carbocycles. The van der Waals surface area contributed by atoms with Gasteiger partial charge in [0.15, 0.2) is 0 Å². The Kier molecular flexibility index (Phi) is 2.39. The van der Waals surface area contributed by atoms with Gasteiger partial charge in [0.2, 0.25) is 0 Å². The second kappa shape index (κ2) is 3.57. The van der Waals surface area contributed by atoms with Gasteiger partial charge in [0.1, 0.15) is 0 Å². The van der Waals surface area contributed by atoms with Crippen LogP contribution in [0, 0.1) is 5.92 Å². The van der Waals surface area contributed by atoms with E-state index in [1.165, 1.54) is 5.39 Å². The number of rotatable bonds is 2. The van der Waals surface area contributed by atoms with Gasteiger partial charge in [0.25, 0.3) is 0 Å². The predicted octanol–water partition coefficient (Wildman–Crippen LogP) is 2.35. The number of nitrogen functional groups attached to an aromatic ring is 1. The Hall–Kier alpha value is -1.51. The summed E-state index contributed by atoms with van der Waals surface area (Å²) in [6.07, 6.45) is 1.00. The van der Waals surface area contributed by atoms with Crippen molar-refractivity contribution in [3.8, 4) is 0 Å². The summed E-state index contributed by atoms with van der Waals surface area (Å²) in [7, 11) is 1.95. The highest BCUT2D eigenvalue weighted by Crippen LogP contribution is 2.24. The first kappa shape index (κ1) is 10.0. The first-order chi connectivity index (χ1) is 7.09. The summed E-state index contributed by atoms with van der Waals surface area (Å²) in [5.41, 5.74) is 8.94. The number of hydrogen-bond donors (Lipinski definition) is 1. The van der Waals surface area contributed by atoms with Crippen LogP contribution in [-0.2, 0) is 13.5 Å². The van der Waals surface area contributed by atoms with Gasteiger partial charge in [0, 0.05) is 12.4 Å². The summed E-state index contributed by atoms with van der Waals surface area (Å²) in [6.45, 7) is 4.40. The molecule has 2 aromatic rings. The molecule has 2 rings (SSSR count). The van der Waals surface area contributed by atoms with Crippen molar-refractivity contribution in [3.05, 3.63) is 23.9 Å². The molecule has 0 saturated heterocycles. The van der Waals surface area contributed by atoms with E-state index in [1.807, 2.05) is 23.9 Å². The molecule has 1 aromatic heterocycles. The van der Waals surface area contributed by atoms with Crippen molar-refractivity contribution in [2.75, 3.05) is 5.73 Å². The molecule has 3 heteroatoms. The fourth-order valence-corrected chi connectivity index (χ4v) is 1.98. The molecular formula is C12H17N3. The third-order valence-electron chi connectivity index (χ3n) is 2.57. The number of nitrogens with zero attached hydrogens (tertiary/aromatic N) is 2. The highest BCUT2D eigenvalue weighted by Gasteiger charge is 2.11. The zero-order chi connectivity index (χ0) is 11.0. The van der Waals surface area contributed by atoms with Gasteiger partial charge in [0.05, 0.1) is 16.9 Å². The maximum Gasteiger partial charge on any atom is 0.0911 e. The Labute approximate surface area is 89.9 Å². The van der Waals surface area contributed by atoms with Gasteiger partial charge in [-0.1, -0.05) is 26.0 Å². The summed E-state index contributed by atoms with van der Waals surface area (Å²) >= 11 is 0. The van der Waals surface area contributed by atoms with E-state index >= 15 is 0 Å². The summed E-state index contributed by atoms with van der Waals surface area (Å²) < 4.78 is 1.88. The molecule has 0 atom stereocenters. The van der Waals surface area contributed by atoms with Gasteiger partial charge >= 0.3 is 0 Å². The Bertz CT molecular complexity index is 483. The molecule has 0 unspecified atom stereocenters. The first-order valence-electron chi connectivity index (χ1n) is 5.29. The lowest BCUT2D eigenvalue weighted by Gasteiger charge is -2.01. The zero-order valence-corrected chi connectivity index (χ0v) is 9.49. The van der Waals surface area contributed by atoms with Crippen LogP contribution in [-0.4, -0.2) is 9.78 Å². The topological polar surface area (TPSA) is 43.8 Å².